The van der Waals surface area contributed by atoms with Crippen molar-refractivity contribution < 1.29 is 4.74 Å². The van der Waals surface area contributed by atoms with Crippen LogP contribution >= 0.6 is 0 Å². The van der Waals surface area contributed by atoms with Gasteiger partial charge in [0, 0.05) is 18.6 Å². The lowest BCUT2D eigenvalue weighted by molar-refractivity contribution is -0.0495. The molecule has 19 heavy (non-hydrogen) atoms. The molecular formula is C17H29NO. The predicted molar refractivity (Wildman–Crippen MR) is 82.6 cm³/mol. The molecule has 0 amide bonds. The van der Waals surface area contributed by atoms with Crippen molar-refractivity contribution in [3.63, 3.8) is 0 Å². The van der Waals surface area contributed by atoms with Gasteiger partial charge in [-0.2, -0.15) is 0 Å². The van der Waals surface area contributed by atoms with E-state index < -0.39 is 0 Å². The van der Waals surface area contributed by atoms with Gasteiger partial charge in [-0.3, -0.25) is 0 Å². The summed E-state index contributed by atoms with van der Waals surface area (Å²) >= 11 is 0. The van der Waals surface area contributed by atoms with Gasteiger partial charge in [0.05, 0.1) is 5.60 Å². The van der Waals surface area contributed by atoms with Crippen LogP contribution in [0.15, 0.2) is 30.3 Å². The Kier molecular flexibility index (Phi) is 5.57. The highest BCUT2D eigenvalue weighted by Gasteiger charge is 2.43. The standard InChI is InChI=1S/C17H29NO/c1-7-13-17(4,19-6)15(18-5)16(2,3)14-11-9-8-10-12-14/h8-12,15,18H,7,13H2,1-6H3. The molecule has 2 unspecified atom stereocenters. The van der Waals surface area contributed by atoms with Crippen molar-refractivity contribution in [1.29, 1.82) is 0 Å². The van der Waals surface area contributed by atoms with Gasteiger partial charge in [-0.25, -0.2) is 0 Å². The molecule has 0 radical (unpaired) electrons. The van der Waals surface area contributed by atoms with E-state index in [1.54, 1.807) is 0 Å². The van der Waals surface area contributed by atoms with Gasteiger partial charge in [-0.05, 0) is 26.0 Å². The lowest BCUT2D eigenvalue weighted by atomic mass is 9.70. The summed E-state index contributed by atoms with van der Waals surface area (Å²) in [6.45, 7) is 8.99. The Bertz CT molecular complexity index is 374. The van der Waals surface area contributed by atoms with Gasteiger partial charge in [-0.1, -0.05) is 57.5 Å². The molecule has 0 aliphatic rings. The summed E-state index contributed by atoms with van der Waals surface area (Å²) < 4.78 is 5.88. The Morgan fingerprint density at radius 1 is 1.16 bits per heavy atom. The first kappa shape index (κ1) is 16.2. The number of likely N-dealkylation sites (N-methyl/N-ethyl adjacent to an activating group) is 1. The fourth-order valence-corrected chi connectivity index (χ4v) is 3.32. The predicted octanol–water partition coefficient (Wildman–Crippen LogP) is 3.76. The third-order valence-electron chi connectivity index (χ3n) is 4.35. The molecule has 2 heteroatoms. The summed E-state index contributed by atoms with van der Waals surface area (Å²) in [4.78, 5) is 0. The number of rotatable bonds is 7. The molecule has 0 spiro atoms. The molecule has 2 nitrogen and oxygen atoms in total. The van der Waals surface area contributed by atoms with Crippen LogP contribution in [0.1, 0.15) is 46.1 Å². The normalized spacial score (nSPS) is 16.9. The Balaban J connectivity index is 3.14. The van der Waals surface area contributed by atoms with Crippen molar-refractivity contribution in [3.05, 3.63) is 35.9 Å². The quantitative estimate of drug-likeness (QED) is 0.809. The van der Waals surface area contributed by atoms with E-state index in [0.29, 0.717) is 0 Å². The molecule has 1 rings (SSSR count). The van der Waals surface area contributed by atoms with Crippen molar-refractivity contribution in [3.8, 4) is 0 Å². The fourth-order valence-electron chi connectivity index (χ4n) is 3.32. The molecule has 0 aliphatic heterocycles. The van der Waals surface area contributed by atoms with Gasteiger partial charge >= 0.3 is 0 Å². The average molecular weight is 263 g/mol. The average Bonchev–Trinajstić information content (AvgIpc) is 2.40. The zero-order chi connectivity index (χ0) is 14.5. The van der Waals surface area contributed by atoms with E-state index in [4.69, 9.17) is 4.74 Å². The maximum atomic E-state index is 5.88. The van der Waals surface area contributed by atoms with E-state index in [1.165, 1.54) is 5.56 Å². The van der Waals surface area contributed by atoms with Crippen LogP contribution in [0.25, 0.3) is 0 Å². The molecule has 1 aromatic carbocycles. The summed E-state index contributed by atoms with van der Waals surface area (Å²) in [6, 6.07) is 10.9. The largest absolute Gasteiger partial charge is 0.377 e. The van der Waals surface area contributed by atoms with Crippen LogP contribution in [0.2, 0.25) is 0 Å². The van der Waals surface area contributed by atoms with Gasteiger partial charge in [0.1, 0.15) is 0 Å². The second-order valence-corrected chi connectivity index (χ2v) is 6.08. The highest BCUT2D eigenvalue weighted by Crippen LogP contribution is 2.36. The zero-order valence-corrected chi connectivity index (χ0v) is 13.3. The van der Waals surface area contributed by atoms with Gasteiger partial charge < -0.3 is 10.1 Å². The molecule has 1 aromatic rings. The molecule has 108 valence electrons. The Morgan fingerprint density at radius 2 is 1.74 bits per heavy atom. The molecule has 0 saturated heterocycles. The molecule has 0 aromatic heterocycles. The van der Waals surface area contributed by atoms with E-state index in [9.17, 15) is 0 Å². The van der Waals surface area contributed by atoms with Crippen LogP contribution in [0.3, 0.4) is 0 Å². The summed E-state index contributed by atoms with van der Waals surface area (Å²) in [5, 5.41) is 3.49. The minimum absolute atomic E-state index is 0.00986. The number of methoxy groups -OCH3 is 1. The first-order chi connectivity index (χ1) is 8.92. The van der Waals surface area contributed by atoms with Crippen molar-refractivity contribution in [1.82, 2.24) is 5.32 Å². The number of benzene rings is 1. The topological polar surface area (TPSA) is 21.3 Å². The highest BCUT2D eigenvalue weighted by atomic mass is 16.5. The van der Waals surface area contributed by atoms with E-state index in [-0.39, 0.29) is 17.1 Å². The fraction of sp³-hybridized carbons (Fsp3) is 0.647. The van der Waals surface area contributed by atoms with Crippen LogP contribution in [-0.4, -0.2) is 25.8 Å². The van der Waals surface area contributed by atoms with E-state index in [0.717, 1.165) is 12.8 Å². The van der Waals surface area contributed by atoms with Crippen LogP contribution in [0, 0.1) is 0 Å². The van der Waals surface area contributed by atoms with Crippen molar-refractivity contribution >= 4 is 0 Å². The monoisotopic (exact) mass is 263 g/mol. The summed E-state index contributed by atoms with van der Waals surface area (Å²) in [5.41, 5.74) is 1.19. The van der Waals surface area contributed by atoms with E-state index >= 15 is 0 Å². The number of nitrogens with one attached hydrogen (secondary N) is 1. The van der Waals surface area contributed by atoms with Crippen molar-refractivity contribution in [2.45, 2.75) is 57.6 Å². The number of hydrogen-bond acceptors (Lipinski definition) is 2. The molecule has 0 fully saturated rings. The van der Waals surface area contributed by atoms with Crippen LogP contribution in [0.5, 0.6) is 0 Å². The maximum absolute atomic E-state index is 5.88. The molecule has 2 atom stereocenters. The molecule has 0 heterocycles. The third-order valence-corrected chi connectivity index (χ3v) is 4.35. The third kappa shape index (κ3) is 3.37. The van der Waals surface area contributed by atoms with Gasteiger partial charge in [0.2, 0.25) is 0 Å². The molecule has 0 bridgehead atoms. The first-order valence-electron chi connectivity index (χ1n) is 7.20. The Labute approximate surface area is 118 Å². The first-order valence-corrected chi connectivity index (χ1v) is 7.20. The minimum atomic E-state index is -0.164. The Hall–Kier alpha value is -0.860. The minimum Gasteiger partial charge on any atom is -0.377 e. The lowest BCUT2D eigenvalue weighted by Gasteiger charge is -2.46. The maximum Gasteiger partial charge on any atom is 0.0811 e. The van der Waals surface area contributed by atoms with Crippen molar-refractivity contribution in [2.24, 2.45) is 0 Å². The summed E-state index contributed by atoms with van der Waals surface area (Å²) in [6.07, 6.45) is 2.17. The van der Waals surface area contributed by atoms with Crippen LogP contribution < -0.4 is 5.32 Å². The van der Waals surface area contributed by atoms with Gasteiger partial charge in [0.25, 0.3) is 0 Å². The second-order valence-electron chi connectivity index (χ2n) is 6.08. The summed E-state index contributed by atoms with van der Waals surface area (Å²) in [5.74, 6) is 0. The molecule has 0 saturated carbocycles. The van der Waals surface area contributed by atoms with Crippen LogP contribution in [-0.2, 0) is 10.2 Å². The van der Waals surface area contributed by atoms with Crippen molar-refractivity contribution in [2.75, 3.05) is 14.2 Å². The van der Waals surface area contributed by atoms with Gasteiger partial charge in [0.15, 0.2) is 0 Å². The SMILES string of the molecule is CCCC(C)(OC)C(NC)C(C)(C)c1ccccc1. The summed E-state index contributed by atoms with van der Waals surface area (Å²) in [7, 11) is 3.85. The van der Waals surface area contributed by atoms with E-state index in [2.05, 4.69) is 63.3 Å². The number of hydrogen-bond donors (Lipinski definition) is 1. The molecule has 1 N–H and O–H groups in total. The lowest BCUT2D eigenvalue weighted by Crippen LogP contribution is -2.58. The molecular weight excluding hydrogens is 234 g/mol. The highest BCUT2D eigenvalue weighted by molar-refractivity contribution is 5.27. The zero-order valence-electron chi connectivity index (χ0n) is 13.3. The van der Waals surface area contributed by atoms with Gasteiger partial charge in [-0.15, -0.1) is 0 Å². The van der Waals surface area contributed by atoms with E-state index in [1.807, 2.05) is 14.2 Å². The smallest absolute Gasteiger partial charge is 0.0811 e. The molecule has 0 aliphatic carbocycles. The Morgan fingerprint density at radius 3 is 2.16 bits per heavy atom. The van der Waals surface area contributed by atoms with Crippen LogP contribution in [0.4, 0.5) is 0 Å². The second kappa shape index (κ2) is 6.53. The number of ether oxygens (including phenoxy) is 1.